The number of nitrogens with two attached hydrogens (primary N) is 1. The number of hydrogen-bond donors (Lipinski definition) is 1. The number of nitrogens with zero attached hydrogens (tertiary/aromatic N) is 1. The molecule has 5 heteroatoms. The van der Waals surface area contributed by atoms with Crippen molar-refractivity contribution in [3.8, 4) is 0 Å². The van der Waals surface area contributed by atoms with Crippen molar-refractivity contribution in [2.24, 2.45) is 5.73 Å². The van der Waals surface area contributed by atoms with Crippen LogP contribution in [0.2, 0.25) is 0 Å². The highest BCUT2D eigenvalue weighted by molar-refractivity contribution is 9.11. The van der Waals surface area contributed by atoms with E-state index in [-0.39, 0.29) is 18.0 Å². The number of carbonyl (C=O) groups excluding carboxylic acids is 1. The van der Waals surface area contributed by atoms with Crippen molar-refractivity contribution in [3.05, 3.63) is 20.8 Å². The number of rotatable bonds is 1. The van der Waals surface area contributed by atoms with Crippen LogP contribution in [0.25, 0.3) is 0 Å². The van der Waals surface area contributed by atoms with Crippen LogP contribution in [0.1, 0.15) is 30.2 Å². The number of likely N-dealkylation sites (tertiary alicyclic amines) is 1. The topological polar surface area (TPSA) is 46.3 Å². The summed E-state index contributed by atoms with van der Waals surface area (Å²) in [5, 5.41) is 0. The Bertz CT molecular complexity index is 393. The van der Waals surface area contributed by atoms with E-state index < -0.39 is 0 Å². The fourth-order valence-electron chi connectivity index (χ4n) is 2.15. The highest BCUT2D eigenvalue weighted by atomic mass is 79.9. The fraction of sp³-hybridized carbons (Fsp3) is 0.545. The molecule has 2 N–H and O–H groups in total. The van der Waals surface area contributed by atoms with Crippen LogP contribution in [-0.2, 0) is 4.79 Å². The van der Waals surface area contributed by atoms with Crippen molar-refractivity contribution in [1.82, 2.24) is 4.90 Å². The van der Waals surface area contributed by atoms with Crippen LogP contribution >= 0.6 is 27.3 Å². The molecule has 0 saturated carbocycles. The predicted octanol–water partition coefficient (Wildman–Crippen LogP) is 2.52. The van der Waals surface area contributed by atoms with Crippen LogP contribution in [0.3, 0.4) is 0 Å². The summed E-state index contributed by atoms with van der Waals surface area (Å²) in [5.41, 5.74) is 6.17. The second-order valence-electron chi connectivity index (χ2n) is 4.15. The molecule has 1 saturated heterocycles. The first-order valence-electron chi connectivity index (χ1n) is 5.36. The lowest BCUT2D eigenvalue weighted by Gasteiger charge is -2.29. The van der Waals surface area contributed by atoms with Crippen molar-refractivity contribution >= 4 is 33.2 Å². The summed E-state index contributed by atoms with van der Waals surface area (Å²) in [6.07, 6.45) is 2.43. The van der Waals surface area contributed by atoms with Crippen LogP contribution in [0.4, 0.5) is 0 Å². The van der Waals surface area contributed by atoms with Gasteiger partial charge in [0.25, 0.3) is 0 Å². The molecule has 1 aromatic heterocycles. The van der Waals surface area contributed by atoms with Crippen molar-refractivity contribution in [1.29, 1.82) is 0 Å². The van der Waals surface area contributed by atoms with Crippen molar-refractivity contribution in [2.45, 2.75) is 31.3 Å². The summed E-state index contributed by atoms with van der Waals surface area (Å²) in [7, 11) is 1.85. The Morgan fingerprint density at radius 1 is 1.56 bits per heavy atom. The summed E-state index contributed by atoms with van der Waals surface area (Å²) in [6, 6.07) is 4.14. The molecular weight excluding hydrogens is 288 g/mol. The Kier molecular flexibility index (Phi) is 3.66. The van der Waals surface area contributed by atoms with E-state index in [0.717, 1.165) is 21.5 Å². The molecule has 0 radical (unpaired) electrons. The summed E-state index contributed by atoms with van der Waals surface area (Å²) in [6.45, 7) is 0. The summed E-state index contributed by atoms with van der Waals surface area (Å²) in [5.74, 6) is 0.197. The van der Waals surface area contributed by atoms with Gasteiger partial charge in [-0.05, 0) is 40.9 Å². The van der Waals surface area contributed by atoms with Gasteiger partial charge in [0.1, 0.15) is 0 Å². The van der Waals surface area contributed by atoms with Crippen molar-refractivity contribution < 1.29 is 4.79 Å². The van der Waals surface area contributed by atoms with Gasteiger partial charge in [0.05, 0.1) is 9.83 Å². The third-order valence-corrected chi connectivity index (χ3v) is 4.72. The van der Waals surface area contributed by atoms with Gasteiger partial charge < -0.3 is 10.6 Å². The van der Waals surface area contributed by atoms with E-state index in [1.54, 1.807) is 16.2 Å². The molecule has 3 nitrogen and oxygen atoms in total. The smallest absolute Gasteiger partial charge is 0.222 e. The molecule has 1 fully saturated rings. The van der Waals surface area contributed by atoms with Crippen LogP contribution in [0.5, 0.6) is 0 Å². The number of carbonyl (C=O) groups is 1. The van der Waals surface area contributed by atoms with Gasteiger partial charge in [-0.25, -0.2) is 0 Å². The van der Waals surface area contributed by atoms with E-state index in [1.165, 1.54) is 0 Å². The molecule has 0 aliphatic carbocycles. The van der Waals surface area contributed by atoms with Gasteiger partial charge in [-0.3, -0.25) is 4.79 Å². The average Bonchev–Trinajstić information content (AvgIpc) is 2.59. The third kappa shape index (κ3) is 2.31. The minimum Gasteiger partial charge on any atom is -0.336 e. The van der Waals surface area contributed by atoms with Crippen molar-refractivity contribution in [2.75, 3.05) is 7.05 Å². The SMILES string of the molecule is CN1C(=O)CCCC(N)C1c1ccc(Br)s1. The van der Waals surface area contributed by atoms with Gasteiger partial charge >= 0.3 is 0 Å². The van der Waals surface area contributed by atoms with Gasteiger partial charge in [0.2, 0.25) is 5.91 Å². The van der Waals surface area contributed by atoms with E-state index in [9.17, 15) is 4.79 Å². The second-order valence-corrected chi connectivity index (χ2v) is 6.64. The summed E-state index contributed by atoms with van der Waals surface area (Å²) in [4.78, 5) is 14.8. The van der Waals surface area contributed by atoms with E-state index in [0.29, 0.717) is 6.42 Å². The summed E-state index contributed by atoms with van der Waals surface area (Å²) >= 11 is 5.10. The first-order chi connectivity index (χ1) is 7.59. The van der Waals surface area contributed by atoms with Crippen LogP contribution in [0.15, 0.2) is 15.9 Å². The molecular formula is C11H15BrN2OS. The Morgan fingerprint density at radius 2 is 2.31 bits per heavy atom. The first kappa shape index (κ1) is 12.1. The predicted molar refractivity (Wildman–Crippen MR) is 69.4 cm³/mol. The van der Waals surface area contributed by atoms with E-state index in [4.69, 9.17) is 5.73 Å². The quantitative estimate of drug-likeness (QED) is 0.866. The van der Waals surface area contributed by atoms with Crippen LogP contribution < -0.4 is 5.73 Å². The zero-order valence-electron chi connectivity index (χ0n) is 9.15. The van der Waals surface area contributed by atoms with Crippen LogP contribution in [0, 0.1) is 0 Å². The van der Waals surface area contributed by atoms with E-state index in [2.05, 4.69) is 15.9 Å². The molecule has 0 spiro atoms. The lowest BCUT2D eigenvalue weighted by atomic mass is 10.0. The average molecular weight is 303 g/mol. The normalized spacial score (nSPS) is 26.9. The Labute approximate surface area is 108 Å². The van der Waals surface area contributed by atoms with E-state index >= 15 is 0 Å². The monoisotopic (exact) mass is 302 g/mol. The maximum atomic E-state index is 11.8. The maximum Gasteiger partial charge on any atom is 0.222 e. The molecule has 0 bridgehead atoms. The molecule has 1 amide bonds. The van der Waals surface area contributed by atoms with Gasteiger partial charge in [-0.1, -0.05) is 0 Å². The molecule has 1 aliphatic rings. The number of halogens is 1. The van der Waals surface area contributed by atoms with Gasteiger partial charge in [-0.2, -0.15) is 0 Å². The van der Waals surface area contributed by atoms with Gasteiger partial charge in [0.15, 0.2) is 0 Å². The molecule has 88 valence electrons. The molecule has 2 rings (SSSR count). The molecule has 1 aromatic rings. The molecule has 2 heterocycles. The lowest BCUT2D eigenvalue weighted by molar-refractivity contribution is -0.131. The molecule has 2 unspecified atom stereocenters. The van der Waals surface area contributed by atoms with E-state index in [1.807, 2.05) is 19.2 Å². The van der Waals surface area contributed by atoms with Crippen LogP contribution in [-0.4, -0.2) is 23.9 Å². The Hall–Kier alpha value is -0.390. The lowest BCUT2D eigenvalue weighted by Crippen LogP contribution is -2.39. The Morgan fingerprint density at radius 3 is 2.94 bits per heavy atom. The largest absolute Gasteiger partial charge is 0.336 e. The van der Waals surface area contributed by atoms with Gasteiger partial charge in [0, 0.05) is 24.4 Å². The molecule has 2 atom stereocenters. The second kappa shape index (κ2) is 4.85. The van der Waals surface area contributed by atoms with Gasteiger partial charge in [-0.15, -0.1) is 11.3 Å². The number of amides is 1. The minimum atomic E-state index is 0.0336. The minimum absolute atomic E-state index is 0.0336. The third-order valence-electron chi connectivity index (χ3n) is 3.03. The molecule has 16 heavy (non-hydrogen) atoms. The zero-order valence-corrected chi connectivity index (χ0v) is 11.6. The Balaban J connectivity index is 2.31. The standard InChI is InChI=1S/C11H15BrN2OS/c1-14-10(15)4-2-3-7(13)11(14)8-5-6-9(12)16-8/h5-7,11H,2-4,13H2,1H3. The highest BCUT2D eigenvalue weighted by Gasteiger charge is 2.31. The number of thiophene rings is 1. The molecule has 0 aromatic carbocycles. The molecule has 1 aliphatic heterocycles. The number of likely N-dealkylation sites (N-methyl/N-ethyl adjacent to an activating group) is 1. The zero-order chi connectivity index (χ0) is 11.7. The fourth-order valence-corrected chi connectivity index (χ4v) is 3.80. The number of hydrogen-bond acceptors (Lipinski definition) is 3. The summed E-state index contributed by atoms with van der Waals surface area (Å²) < 4.78 is 1.08. The highest BCUT2D eigenvalue weighted by Crippen LogP contribution is 2.34. The van der Waals surface area contributed by atoms with Crippen molar-refractivity contribution in [3.63, 3.8) is 0 Å². The first-order valence-corrected chi connectivity index (χ1v) is 6.97. The maximum absolute atomic E-state index is 11.8.